The molecule has 3 aromatic rings. The van der Waals surface area contributed by atoms with Crippen LogP contribution in [0.15, 0.2) is 48.5 Å². The van der Waals surface area contributed by atoms with Crippen molar-refractivity contribution in [2.24, 2.45) is 0 Å². The maximum Gasteiger partial charge on any atom is 0.306 e. The monoisotopic (exact) mass is 396 g/mol. The first-order chi connectivity index (χ1) is 13.5. The van der Waals surface area contributed by atoms with Gasteiger partial charge in [0, 0.05) is 6.42 Å². The summed E-state index contributed by atoms with van der Waals surface area (Å²) in [6.45, 7) is 3.77. The third-order valence-corrected chi connectivity index (χ3v) is 5.56. The summed E-state index contributed by atoms with van der Waals surface area (Å²) in [5.74, 6) is -0.682. The van der Waals surface area contributed by atoms with Crippen molar-refractivity contribution >= 4 is 33.4 Å². The van der Waals surface area contributed by atoms with Crippen molar-refractivity contribution in [2.75, 3.05) is 6.61 Å². The fourth-order valence-corrected chi connectivity index (χ4v) is 3.88. The molecule has 3 rings (SSSR count). The molecule has 1 aromatic heterocycles. The molecule has 2 aromatic carbocycles. The van der Waals surface area contributed by atoms with E-state index in [1.165, 1.54) is 5.56 Å². The van der Waals surface area contributed by atoms with Gasteiger partial charge in [-0.15, -0.1) is 11.3 Å². The highest BCUT2D eigenvalue weighted by Crippen LogP contribution is 2.22. The van der Waals surface area contributed by atoms with Crippen LogP contribution in [0, 0.1) is 6.92 Å². The third kappa shape index (κ3) is 5.39. The van der Waals surface area contributed by atoms with Crippen molar-refractivity contribution in [2.45, 2.75) is 39.2 Å². The van der Waals surface area contributed by atoms with Crippen molar-refractivity contribution in [3.8, 4) is 0 Å². The second kappa shape index (κ2) is 9.46. The van der Waals surface area contributed by atoms with Crippen molar-refractivity contribution in [3.63, 3.8) is 0 Å². The van der Waals surface area contributed by atoms with Crippen LogP contribution >= 0.6 is 11.3 Å². The molecule has 6 heteroatoms. The minimum Gasteiger partial charge on any atom is -0.456 e. The summed E-state index contributed by atoms with van der Waals surface area (Å²) in [7, 11) is 0. The van der Waals surface area contributed by atoms with Crippen LogP contribution in [0.4, 0.5) is 0 Å². The minimum absolute atomic E-state index is 0.0884. The predicted molar refractivity (Wildman–Crippen MR) is 111 cm³/mol. The van der Waals surface area contributed by atoms with Crippen LogP contribution < -0.4 is 5.32 Å². The normalized spacial score (nSPS) is 11.9. The number of hydrogen-bond donors (Lipinski definition) is 1. The Bertz CT molecular complexity index is 917. The number of ether oxygens (including phenoxy) is 1. The maximum atomic E-state index is 12.2. The van der Waals surface area contributed by atoms with Crippen molar-refractivity contribution in [1.82, 2.24) is 10.3 Å². The highest BCUT2D eigenvalue weighted by Gasteiger charge is 2.15. The average Bonchev–Trinajstić information content (AvgIpc) is 3.12. The molecule has 1 atom stereocenters. The Morgan fingerprint density at radius 2 is 1.89 bits per heavy atom. The Morgan fingerprint density at radius 1 is 1.14 bits per heavy atom. The van der Waals surface area contributed by atoms with Crippen LogP contribution in [0.2, 0.25) is 0 Å². The van der Waals surface area contributed by atoms with Gasteiger partial charge in [-0.1, -0.05) is 48.9 Å². The first-order valence-corrected chi connectivity index (χ1v) is 10.2. The van der Waals surface area contributed by atoms with Gasteiger partial charge in [0.05, 0.1) is 27.7 Å². The van der Waals surface area contributed by atoms with Gasteiger partial charge in [0.15, 0.2) is 6.61 Å². The van der Waals surface area contributed by atoms with Crippen LogP contribution in [0.25, 0.3) is 10.2 Å². The molecule has 1 heterocycles. The molecular weight excluding hydrogens is 372 g/mol. The number of esters is 1. The molecule has 0 fully saturated rings. The molecular formula is C22H24N2O3S. The van der Waals surface area contributed by atoms with Gasteiger partial charge in [-0.25, -0.2) is 4.98 Å². The topological polar surface area (TPSA) is 68.3 Å². The quantitative estimate of drug-likeness (QED) is 0.575. The van der Waals surface area contributed by atoms with Crippen molar-refractivity contribution in [1.29, 1.82) is 0 Å². The zero-order valence-corrected chi connectivity index (χ0v) is 16.9. The fourth-order valence-electron chi connectivity index (χ4n) is 2.91. The number of amides is 1. The number of fused-ring (bicyclic) bond motifs is 1. The van der Waals surface area contributed by atoms with E-state index in [2.05, 4.69) is 10.3 Å². The number of nitrogens with zero attached hydrogens (tertiary/aromatic N) is 1. The zero-order valence-electron chi connectivity index (χ0n) is 16.1. The van der Waals surface area contributed by atoms with Gasteiger partial charge < -0.3 is 10.1 Å². The number of nitrogens with one attached hydrogen (secondary N) is 1. The molecule has 0 unspecified atom stereocenters. The SMILES string of the molecule is CC[C@H](NC(=O)COC(=O)CCc1nc2ccccc2s1)c1ccc(C)cc1. The first kappa shape index (κ1) is 20.0. The van der Waals surface area contributed by atoms with Gasteiger partial charge in [-0.2, -0.15) is 0 Å². The third-order valence-electron chi connectivity index (χ3n) is 4.47. The smallest absolute Gasteiger partial charge is 0.306 e. The van der Waals surface area contributed by atoms with E-state index >= 15 is 0 Å². The molecule has 0 spiro atoms. The highest BCUT2D eigenvalue weighted by atomic mass is 32.1. The second-order valence-corrected chi connectivity index (χ2v) is 7.79. The summed E-state index contributed by atoms with van der Waals surface area (Å²) in [6.07, 6.45) is 1.49. The summed E-state index contributed by atoms with van der Waals surface area (Å²) >= 11 is 1.58. The van der Waals surface area contributed by atoms with Crippen molar-refractivity contribution in [3.05, 3.63) is 64.7 Å². The van der Waals surface area contributed by atoms with Crippen LogP contribution in [0.3, 0.4) is 0 Å². The van der Waals surface area contributed by atoms with E-state index in [9.17, 15) is 9.59 Å². The lowest BCUT2D eigenvalue weighted by molar-refractivity contribution is -0.148. The summed E-state index contributed by atoms with van der Waals surface area (Å²) in [5, 5.41) is 3.82. The van der Waals surface area contributed by atoms with E-state index in [4.69, 9.17) is 4.74 Å². The lowest BCUT2D eigenvalue weighted by Crippen LogP contribution is -2.32. The Hall–Kier alpha value is -2.73. The van der Waals surface area contributed by atoms with Gasteiger partial charge in [-0.05, 0) is 31.0 Å². The Labute approximate surface area is 168 Å². The molecule has 1 N–H and O–H groups in total. The average molecular weight is 397 g/mol. The van der Waals surface area contributed by atoms with Gasteiger partial charge >= 0.3 is 5.97 Å². The lowest BCUT2D eigenvalue weighted by atomic mass is 10.0. The van der Waals surface area contributed by atoms with Gasteiger partial charge in [0.2, 0.25) is 0 Å². The molecule has 0 saturated carbocycles. The second-order valence-electron chi connectivity index (χ2n) is 6.68. The van der Waals surface area contributed by atoms with Crippen LogP contribution in [0.1, 0.15) is 41.9 Å². The molecule has 1 amide bonds. The van der Waals surface area contributed by atoms with E-state index in [0.29, 0.717) is 6.42 Å². The summed E-state index contributed by atoms with van der Waals surface area (Å²) < 4.78 is 6.23. The fraction of sp³-hybridized carbons (Fsp3) is 0.318. The molecule has 5 nitrogen and oxygen atoms in total. The number of hydrogen-bond acceptors (Lipinski definition) is 5. The molecule has 0 saturated heterocycles. The number of benzene rings is 2. The van der Waals surface area contributed by atoms with E-state index in [1.54, 1.807) is 11.3 Å². The summed E-state index contributed by atoms with van der Waals surface area (Å²) in [5.41, 5.74) is 3.16. The number of aryl methyl sites for hydroxylation is 2. The predicted octanol–water partition coefficient (Wildman–Crippen LogP) is 4.35. The van der Waals surface area contributed by atoms with Gasteiger partial charge in [0.1, 0.15) is 0 Å². The molecule has 146 valence electrons. The Balaban J connectivity index is 1.44. The van der Waals surface area contributed by atoms with E-state index in [1.807, 2.05) is 62.4 Å². The molecule has 0 radical (unpaired) electrons. The number of carbonyl (C=O) groups is 2. The van der Waals surface area contributed by atoms with Crippen LogP contribution in [-0.4, -0.2) is 23.5 Å². The van der Waals surface area contributed by atoms with Gasteiger partial charge in [-0.3, -0.25) is 9.59 Å². The van der Waals surface area contributed by atoms with E-state index in [-0.39, 0.29) is 25.0 Å². The van der Waals surface area contributed by atoms with Crippen LogP contribution in [0.5, 0.6) is 0 Å². The largest absolute Gasteiger partial charge is 0.456 e. The Morgan fingerprint density at radius 3 is 2.61 bits per heavy atom. The number of carbonyl (C=O) groups excluding carboxylic acids is 2. The number of aromatic nitrogens is 1. The lowest BCUT2D eigenvalue weighted by Gasteiger charge is -2.17. The standard InChI is InChI=1S/C22H24N2O3S/c1-3-17(16-10-8-15(2)9-11-16)23-20(25)14-27-22(26)13-12-21-24-18-6-4-5-7-19(18)28-21/h4-11,17H,3,12-14H2,1-2H3,(H,23,25)/t17-/m0/s1. The minimum atomic E-state index is -0.391. The molecule has 0 aliphatic carbocycles. The highest BCUT2D eigenvalue weighted by molar-refractivity contribution is 7.18. The summed E-state index contributed by atoms with van der Waals surface area (Å²) in [4.78, 5) is 28.6. The Kier molecular flexibility index (Phi) is 6.76. The van der Waals surface area contributed by atoms with Crippen molar-refractivity contribution < 1.29 is 14.3 Å². The van der Waals surface area contributed by atoms with Gasteiger partial charge in [0.25, 0.3) is 5.91 Å². The molecule has 0 bridgehead atoms. The summed E-state index contributed by atoms with van der Waals surface area (Å²) in [6, 6.07) is 15.8. The van der Waals surface area contributed by atoms with Crippen LogP contribution in [-0.2, 0) is 20.7 Å². The maximum absolute atomic E-state index is 12.2. The molecule has 0 aliphatic heterocycles. The molecule has 28 heavy (non-hydrogen) atoms. The zero-order chi connectivity index (χ0) is 19.9. The first-order valence-electron chi connectivity index (χ1n) is 9.41. The number of para-hydroxylation sites is 1. The molecule has 0 aliphatic rings. The number of rotatable bonds is 8. The van der Waals surface area contributed by atoms with E-state index in [0.717, 1.165) is 27.2 Å². The number of thiazole rings is 1. The van der Waals surface area contributed by atoms with E-state index < -0.39 is 5.97 Å².